The van der Waals surface area contributed by atoms with E-state index in [1.165, 1.54) is 0 Å². The van der Waals surface area contributed by atoms with E-state index in [0.717, 1.165) is 44.4 Å². The average molecular weight is 375 g/mol. The number of nitrogens with one attached hydrogen (secondary N) is 1. The number of anilines is 2. The van der Waals surface area contributed by atoms with Gasteiger partial charge in [0.05, 0.1) is 12.7 Å². The largest absolute Gasteiger partial charge is 0.400 e. The van der Waals surface area contributed by atoms with E-state index < -0.39 is 0 Å². The van der Waals surface area contributed by atoms with Crippen molar-refractivity contribution in [3.8, 4) is 0 Å². The van der Waals surface area contributed by atoms with Gasteiger partial charge in [-0.25, -0.2) is 9.97 Å². The van der Waals surface area contributed by atoms with Crippen molar-refractivity contribution in [3.63, 3.8) is 0 Å². The summed E-state index contributed by atoms with van der Waals surface area (Å²) in [6.45, 7) is 11.1. The van der Waals surface area contributed by atoms with Gasteiger partial charge < -0.3 is 30.3 Å². The fourth-order valence-electron chi connectivity index (χ4n) is 2.85. The van der Waals surface area contributed by atoms with Gasteiger partial charge in [-0.1, -0.05) is 20.8 Å². The molecule has 0 aliphatic carbocycles. The van der Waals surface area contributed by atoms with Crippen molar-refractivity contribution in [3.05, 3.63) is 11.9 Å². The molecule has 1 fully saturated rings. The van der Waals surface area contributed by atoms with Gasteiger partial charge in [-0.05, 0) is 20.3 Å². The number of aliphatic hydroxyl groups is 3. The number of nitrogens with zero attached hydrogens (tertiary/aromatic N) is 3. The summed E-state index contributed by atoms with van der Waals surface area (Å²) in [7, 11) is 3.85. The van der Waals surface area contributed by atoms with Crippen LogP contribution in [0.25, 0.3) is 0 Å². The van der Waals surface area contributed by atoms with E-state index in [9.17, 15) is 5.11 Å². The highest BCUT2D eigenvalue weighted by molar-refractivity contribution is 5.58. The summed E-state index contributed by atoms with van der Waals surface area (Å²) < 4.78 is 5.95. The van der Waals surface area contributed by atoms with Crippen molar-refractivity contribution in [2.75, 3.05) is 44.6 Å². The van der Waals surface area contributed by atoms with Crippen molar-refractivity contribution in [2.24, 2.45) is 5.92 Å². The number of ether oxygens (including phenoxy) is 1. The van der Waals surface area contributed by atoms with E-state index in [4.69, 9.17) is 14.9 Å². The highest BCUT2D eigenvalue weighted by Crippen LogP contribution is 2.33. The number of hydrogen-bond donors (Lipinski definition) is 4. The van der Waals surface area contributed by atoms with Gasteiger partial charge in [0.25, 0.3) is 0 Å². The minimum atomic E-state index is -0.0741. The molecule has 0 aromatic carbocycles. The lowest BCUT2D eigenvalue weighted by molar-refractivity contribution is 0.00502. The second kappa shape index (κ2) is 15.7. The Morgan fingerprint density at radius 1 is 1.23 bits per heavy atom. The maximum absolute atomic E-state index is 9.28. The Balaban J connectivity index is 0. The monoisotopic (exact) mass is 374 g/mol. The molecule has 26 heavy (non-hydrogen) atoms. The van der Waals surface area contributed by atoms with Gasteiger partial charge in [-0.15, -0.1) is 0 Å². The molecule has 0 radical (unpaired) electrons. The Hall–Kier alpha value is -1.48. The summed E-state index contributed by atoms with van der Waals surface area (Å²) in [6.07, 6.45) is 2.33. The quantitative estimate of drug-likeness (QED) is 0.615. The van der Waals surface area contributed by atoms with E-state index in [1.807, 2.05) is 27.8 Å². The zero-order chi connectivity index (χ0) is 20.7. The fraction of sp³-hybridized carbons (Fsp3) is 0.778. The van der Waals surface area contributed by atoms with Crippen LogP contribution < -0.4 is 10.2 Å². The number of hydrogen-bond acceptors (Lipinski definition) is 8. The summed E-state index contributed by atoms with van der Waals surface area (Å²) >= 11 is 0. The zero-order valence-corrected chi connectivity index (χ0v) is 17.5. The molecule has 0 bridgehead atoms. The van der Waals surface area contributed by atoms with Crippen LogP contribution in [0, 0.1) is 12.8 Å². The van der Waals surface area contributed by atoms with Crippen LogP contribution in [0.15, 0.2) is 6.33 Å². The van der Waals surface area contributed by atoms with E-state index in [0.29, 0.717) is 5.92 Å². The van der Waals surface area contributed by atoms with Gasteiger partial charge in [0.2, 0.25) is 0 Å². The third kappa shape index (κ3) is 7.03. The van der Waals surface area contributed by atoms with Crippen LogP contribution in [0.2, 0.25) is 0 Å². The Kier molecular flexibility index (Phi) is 16.2. The highest BCUT2D eigenvalue weighted by Gasteiger charge is 2.36. The Morgan fingerprint density at radius 2 is 1.81 bits per heavy atom. The maximum Gasteiger partial charge on any atom is 0.139 e. The molecular weight excluding hydrogens is 336 g/mol. The molecule has 0 spiro atoms. The van der Waals surface area contributed by atoms with Gasteiger partial charge in [-0.2, -0.15) is 0 Å². The lowest BCUT2D eigenvalue weighted by Gasteiger charge is -2.32. The molecule has 2 rings (SSSR count). The fourth-order valence-corrected chi connectivity index (χ4v) is 2.85. The standard InChI is InChI=1S/C14H24N4O2.C2H6.2CH4O/c1-5-18(14-9(2)6-11(7-19)20-14)13-10(3)12(15-4)16-8-17-13;3*1-2/h8-9,11,14,19H,5-7H2,1-4H3,(H,15,16,17);1-2H3;2*2H,1H3/t9-,11?,14?;;;/m0.../s1. The van der Waals surface area contributed by atoms with Crippen LogP contribution in [-0.4, -0.2) is 72.0 Å². The Bertz CT molecular complexity index is 463. The predicted octanol–water partition coefficient (Wildman–Crippen LogP) is 1.64. The first kappa shape index (κ1) is 26.7. The van der Waals surface area contributed by atoms with Crippen LogP contribution in [0.4, 0.5) is 11.6 Å². The van der Waals surface area contributed by atoms with Gasteiger partial charge in [0.15, 0.2) is 0 Å². The topological polar surface area (TPSA) is 111 Å². The minimum Gasteiger partial charge on any atom is -0.400 e. The maximum atomic E-state index is 9.28. The average Bonchev–Trinajstić information content (AvgIpc) is 3.09. The zero-order valence-electron chi connectivity index (χ0n) is 17.5. The van der Waals surface area contributed by atoms with Crippen LogP contribution in [-0.2, 0) is 4.74 Å². The molecule has 154 valence electrons. The summed E-state index contributed by atoms with van der Waals surface area (Å²) in [6, 6.07) is 0. The molecule has 4 N–H and O–H groups in total. The summed E-state index contributed by atoms with van der Waals surface area (Å²) in [5, 5.41) is 26.4. The third-order valence-electron chi connectivity index (χ3n) is 3.87. The van der Waals surface area contributed by atoms with Crippen LogP contribution in [0.1, 0.15) is 39.7 Å². The molecule has 2 heterocycles. The number of aliphatic hydroxyl groups excluding tert-OH is 3. The molecule has 8 nitrogen and oxygen atoms in total. The Labute approximate surface area is 158 Å². The highest BCUT2D eigenvalue weighted by atomic mass is 16.5. The molecule has 1 aromatic rings. The van der Waals surface area contributed by atoms with Crippen molar-refractivity contribution in [2.45, 2.75) is 53.4 Å². The smallest absolute Gasteiger partial charge is 0.139 e. The first-order chi connectivity index (χ1) is 12.6. The summed E-state index contributed by atoms with van der Waals surface area (Å²) in [4.78, 5) is 10.8. The number of aromatic nitrogens is 2. The molecule has 1 aromatic heterocycles. The SMILES string of the molecule is CC.CCN(c1ncnc(NC)c1C)C1OC(CO)C[C@@H]1C.CO.CO. The minimum absolute atomic E-state index is 0.0459. The number of rotatable bonds is 5. The normalized spacial score (nSPS) is 20.5. The summed E-state index contributed by atoms with van der Waals surface area (Å²) in [5.74, 6) is 2.08. The molecule has 3 atom stereocenters. The molecule has 8 heteroatoms. The van der Waals surface area contributed by atoms with E-state index in [-0.39, 0.29) is 18.9 Å². The van der Waals surface area contributed by atoms with Crippen molar-refractivity contribution >= 4 is 11.6 Å². The van der Waals surface area contributed by atoms with Gasteiger partial charge >= 0.3 is 0 Å². The van der Waals surface area contributed by atoms with Crippen LogP contribution >= 0.6 is 0 Å². The lowest BCUT2D eigenvalue weighted by Crippen LogP contribution is -2.40. The second-order valence-corrected chi connectivity index (χ2v) is 5.25. The van der Waals surface area contributed by atoms with E-state index in [2.05, 4.69) is 34.0 Å². The van der Waals surface area contributed by atoms with Crippen molar-refractivity contribution in [1.82, 2.24) is 9.97 Å². The van der Waals surface area contributed by atoms with E-state index in [1.54, 1.807) is 6.33 Å². The van der Waals surface area contributed by atoms with E-state index >= 15 is 0 Å². The second-order valence-electron chi connectivity index (χ2n) is 5.25. The lowest BCUT2D eigenvalue weighted by atomic mass is 10.1. The molecule has 0 saturated carbocycles. The molecular formula is C18H38N4O4. The van der Waals surface area contributed by atoms with Gasteiger partial charge in [0, 0.05) is 39.3 Å². The first-order valence-electron chi connectivity index (χ1n) is 9.04. The summed E-state index contributed by atoms with van der Waals surface area (Å²) in [5.41, 5.74) is 1.01. The predicted molar refractivity (Wildman–Crippen MR) is 106 cm³/mol. The first-order valence-corrected chi connectivity index (χ1v) is 9.04. The van der Waals surface area contributed by atoms with Gasteiger partial charge in [0.1, 0.15) is 24.2 Å². The Morgan fingerprint density at radius 3 is 2.23 bits per heavy atom. The molecule has 0 amide bonds. The van der Waals surface area contributed by atoms with Crippen LogP contribution in [0.5, 0.6) is 0 Å². The van der Waals surface area contributed by atoms with Crippen molar-refractivity contribution in [1.29, 1.82) is 0 Å². The molecule has 2 unspecified atom stereocenters. The molecule has 1 aliphatic rings. The van der Waals surface area contributed by atoms with Crippen LogP contribution in [0.3, 0.4) is 0 Å². The third-order valence-corrected chi connectivity index (χ3v) is 3.87. The molecule has 1 aliphatic heterocycles. The van der Waals surface area contributed by atoms with Crippen molar-refractivity contribution < 1.29 is 20.1 Å². The van der Waals surface area contributed by atoms with Gasteiger partial charge in [-0.3, -0.25) is 0 Å². The molecule has 1 saturated heterocycles.